The number of halogens is 1. The van der Waals surface area contributed by atoms with Gasteiger partial charge in [-0.15, -0.1) is 0 Å². The summed E-state index contributed by atoms with van der Waals surface area (Å²) in [6.45, 7) is 1.92. The third-order valence-electron chi connectivity index (χ3n) is 3.70. The van der Waals surface area contributed by atoms with Crippen molar-refractivity contribution >= 4 is 0 Å². The molecule has 2 aromatic heterocycles. The van der Waals surface area contributed by atoms with Gasteiger partial charge in [0.25, 0.3) is 0 Å². The van der Waals surface area contributed by atoms with E-state index in [0.29, 0.717) is 24.0 Å². The van der Waals surface area contributed by atoms with E-state index in [4.69, 9.17) is 5.26 Å². The number of imidazole rings is 1. The lowest BCUT2D eigenvalue weighted by atomic mass is 10.1. The highest BCUT2D eigenvalue weighted by Crippen LogP contribution is 2.14. The maximum atomic E-state index is 13.9. The van der Waals surface area contributed by atoms with Crippen LogP contribution in [0.2, 0.25) is 0 Å². The zero-order chi connectivity index (χ0) is 16.2. The Morgan fingerprint density at radius 1 is 1.22 bits per heavy atom. The summed E-state index contributed by atoms with van der Waals surface area (Å²) in [5, 5.41) is 8.77. The molecule has 0 saturated carbocycles. The molecule has 5 heteroatoms. The van der Waals surface area contributed by atoms with Crippen molar-refractivity contribution < 1.29 is 4.39 Å². The summed E-state index contributed by atoms with van der Waals surface area (Å²) in [7, 11) is 0. The molecule has 4 nitrogen and oxygen atoms in total. The Morgan fingerprint density at radius 3 is 2.78 bits per heavy atom. The summed E-state index contributed by atoms with van der Waals surface area (Å²) >= 11 is 0. The Balaban J connectivity index is 1.77. The molecule has 3 aromatic rings. The topological polar surface area (TPSA) is 54.5 Å². The number of hydrogen-bond acceptors (Lipinski definition) is 3. The SMILES string of the molecule is Cc1nccn1-c1cccc(CCc2ccc(C#N)cc2F)n1. The smallest absolute Gasteiger partial charge is 0.138 e. The standard InChI is InChI=1S/C18H15FN4/c1-13-21-9-10-23(13)18-4-2-3-16(22-18)8-7-15-6-5-14(12-20)11-17(15)19/h2-6,9-11H,7-8H2,1H3. The van der Waals surface area contributed by atoms with Crippen LogP contribution in [0, 0.1) is 24.1 Å². The van der Waals surface area contributed by atoms with Gasteiger partial charge in [0.2, 0.25) is 0 Å². The first-order chi connectivity index (χ1) is 11.2. The molecule has 23 heavy (non-hydrogen) atoms. The van der Waals surface area contributed by atoms with Crippen LogP contribution in [0.25, 0.3) is 5.82 Å². The van der Waals surface area contributed by atoms with E-state index in [-0.39, 0.29) is 5.82 Å². The van der Waals surface area contributed by atoms with Crippen LogP contribution in [-0.4, -0.2) is 14.5 Å². The molecule has 0 amide bonds. The minimum absolute atomic E-state index is 0.335. The van der Waals surface area contributed by atoms with E-state index >= 15 is 0 Å². The van der Waals surface area contributed by atoms with Crippen LogP contribution < -0.4 is 0 Å². The molecule has 0 aliphatic rings. The number of pyridine rings is 1. The second-order valence-electron chi connectivity index (χ2n) is 5.25. The zero-order valence-corrected chi connectivity index (χ0v) is 12.7. The normalized spacial score (nSPS) is 10.5. The van der Waals surface area contributed by atoms with Crippen LogP contribution in [0.1, 0.15) is 22.6 Å². The molecule has 114 valence electrons. The Hall–Kier alpha value is -3.00. The van der Waals surface area contributed by atoms with E-state index < -0.39 is 0 Å². The van der Waals surface area contributed by atoms with Gasteiger partial charge in [-0.3, -0.25) is 4.57 Å². The Kier molecular flexibility index (Phi) is 4.15. The highest BCUT2D eigenvalue weighted by atomic mass is 19.1. The van der Waals surface area contributed by atoms with E-state index in [1.807, 2.05) is 42.0 Å². The largest absolute Gasteiger partial charge is 0.288 e. The predicted molar refractivity (Wildman–Crippen MR) is 84.6 cm³/mol. The molecule has 0 radical (unpaired) electrons. The van der Waals surface area contributed by atoms with Crippen LogP contribution >= 0.6 is 0 Å². The van der Waals surface area contributed by atoms with E-state index in [2.05, 4.69) is 9.97 Å². The number of nitrogens with zero attached hydrogens (tertiary/aromatic N) is 4. The lowest BCUT2D eigenvalue weighted by molar-refractivity contribution is 0.607. The molecule has 0 unspecified atom stereocenters. The van der Waals surface area contributed by atoms with E-state index in [1.165, 1.54) is 6.07 Å². The van der Waals surface area contributed by atoms with Crippen molar-refractivity contribution in [2.75, 3.05) is 0 Å². The fourth-order valence-corrected chi connectivity index (χ4v) is 2.44. The van der Waals surface area contributed by atoms with Gasteiger partial charge >= 0.3 is 0 Å². The van der Waals surface area contributed by atoms with Crippen molar-refractivity contribution in [3.63, 3.8) is 0 Å². The first kappa shape index (κ1) is 14.9. The number of hydrogen-bond donors (Lipinski definition) is 0. The lowest BCUT2D eigenvalue weighted by Crippen LogP contribution is -2.03. The summed E-state index contributed by atoms with van der Waals surface area (Å²) in [4.78, 5) is 8.79. The molecule has 0 aliphatic carbocycles. The number of rotatable bonds is 4. The van der Waals surface area contributed by atoms with Gasteiger partial charge in [0.05, 0.1) is 11.6 Å². The van der Waals surface area contributed by atoms with Gasteiger partial charge in [0.15, 0.2) is 0 Å². The van der Waals surface area contributed by atoms with E-state index in [0.717, 1.165) is 17.3 Å². The minimum atomic E-state index is -0.342. The number of aromatic nitrogens is 3. The molecule has 0 atom stereocenters. The van der Waals surface area contributed by atoms with E-state index in [1.54, 1.807) is 18.3 Å². The third kappa shape index (κ3) is 3.27. The Bertz CT molecular complexity index is 877. The average molecular weight is 306 g/mol. The highest BCUT2D eigenvalue weighted by molar-refractivity contribution is 5.33. The molecule has 0 N–H and O–H groups in total. The number of nitriles is 1. The van der Waals surface area contributed by atoms with Gasteiger partial charge in [-0.1, -0.05) is 12.1 Å². The second kappa shape index (κ2) is 6.41. The van der Waals surface area contributed by atoms with Gasteiger partial charge in [0, 0.05) is 18.1 Å². The van der Waals surface area contributed by atoms with Crippen LogP contribution in [-0.2, 0) is 12.8 Å². The van der Waals surface area contributed by atoms with Crippen molar-refractivity contribution in [1.29, 1.82) is 5.26 Å². The Labute approximate surface area is 133 Å². The molecule has 0 bridgehead atoms. The fraction of sp³-hybridized carbons (Fsp3) is 0.167. The first-order valence-corrected chi connectivity index (χ1v) is 7.32. The summed E-state index contributed by atoms with van der Waals surface area (Å²) in [5.41, 5.74) is 1.82. The van der Waals surface area contributed by atoms with Crippen LogP contribution in [0.5, 0.6) is 0 Å². The molecule has 0 aliphatic heterocycles. The molecule has 0 saturated heterocycles. The summed E-state index contributed by atoms with van der Waals surface area (Å²) in [5.74, 6) is 1.33. The summed E-state index contributed by atoms with van der Waals surface area (Å²) < 4.78 is 15.8. The molecule has 2 heterocycles. The highest BCUT2D eigenvalue weighted by Gasteiger charge is 2.06. The van der Waals surface area contributed by atoms with Crippen LogP contribution in [0.4, 0.5) is 4.39 Å². The molecular formula is C18H15FN4. The van der Waals surface area contributed by atoms with E-state index in [9.17, 15) is 4.39 Å². The van der Waals surface area contributed by atoms with Gasteiger partial charge in [-0.2, -0.15) is 5.26 Å². The molecule has 1 aromatic carbocycles. The molecule has 0 spiro atoms. The second-order valence-corrected chi connectivity index (χ2v) is 5.25. The zero-order valence-electron chi connectivity index (χ0n) is 12.7. The third-order valence-corrected chi connectivity index (χ3v) is 3.70. The van der Waals surface area contributed by atoms with Gasteiger partial charge < -0.3 is 0 Å². The van der Waals surface area contributed by atoms with Crippen LogP contribution in [0.3, 0.4) is 0 Å². The summed E-state index contributed by atoms with van der Waals surface area (Å²) in [6, 6.07) is 12.3. The van der Waals surface area contributed by atoms with Gasteiger partial charge in [-0.25, -0.2) is 14.4 Å². The monoisotopic (exact) mass is 306 g/mol. The maximum Gasteiger partial charge on any atom is 0.138 e. The summed E-state index contributed by atoms with van der Waals surface area (Å²) in [6.07, 6.45) is 4.76. The lowest BCUT2D eigenvalue weighted by Gasteiger charge is -2.07. The Morgan fingerprint density at radius 2 is 2.09 bits per heavy atom. The van der Waals surface area contributed by atoms with Gasteiger partial charge in [-0.05, 0) is 49.6 Å². The molecule has 3 rings (SSSR count). The first-order valence-electron chi connectivity index (χ1n) is 7.32. The quantitative estimate of drug-likeness (QED) is 0.742. The molecular weight excluding hydrogens is 291 g/mol. The van der Waals surface area contributed by atoms with Crippen molar-refractivity contribution in [3.05, 3.63) is 77.3 Å². The average Bonchev–Trinajstić information content (AvgIpc) is 3.00. The minimum Gasteiger partial charge on any atom is -0.288 e. The van der Waals surface area contributed by atoms with Crippen molar-refractivity contribution in [1.82, 2.24) is 14.5 Å². The maximum absolute atomic E-state index is 13.9. The van der Waals surface area contributed by atoms with Crippen molar-refractivity contribution in [2.45, 2.75) is 19.8 Å². The predicted octanol–water partition coefficient (Wildman–Crippen LogP) is 3.37. The van der Waals surface area contributed by atoms with Crippen molar-refractivity contribution in [3.8, 4) is 11.9 Å². The van der Waals surface area contributed by atoms with Crippen LogP contribution in [0.15, 0.2) is 48.8 Å². The molecule has 0 fully saturated rings. The fourth-order valence-electron chi connectivity index (χ4n) is 2.44. The van der Waals surface area contributed by atoms with Crippen molar-refractivity contribution in [2.24, 2.45) is 0 Å². The number of aryl methyl sites for hydroxylation is 3. The number of benzene rings is 1. The van der Waals surface area contributed by atoms with Gasteiger partial charge in [0.1, 0.15) is 17.5 Å².